The van der Waals surface area contributed by atoms with Crippen LogP contribution in [0.1, 0.15) is 6.92 Å². The number of nitrogens with zero attached hydrogens (tertiary/aromatic N) is 1. The molecular weight excluding hydrogens is 241 g/mol. The minimum atomic E-state index is -0.369. The van der Waals surface area contributed by atoms with E-state index in [0.717, 1.165) is 0 Å². The van der Waals surface area contributed by atoms with Gasteiger partial charge in [-0.25, -0.2) is 4.99 Å². The van der Waals surface area contributed by atoms with E-state index >= 15 is 0 Å². The predicted molar refractivity (Wildman–Crippen MR) is 50.6 cm³/mol. The van der Waals surface area contributed by atoms with Crippen molar-refractivity contribution in [2.24, 2.45) is 10.9 Å². The highest BCUT2D eigenvalue weighted by molar-refractivity contribution is 14.1. The third-order valence-corrected chi connectivity index (χ3v) is 3.29. The molecule has 0 spiro atoms. The van der Waals surface area contributed by atoms with Gasteiger partial charge in [-0.3, -0.25) is 0 Å². The zero-order valence-corrected chi connectivity index (χ0v) is 8.20. The van der Waals surface area contributed by atoms with Crippen molar-refractivity contribution in [3.8, 4) is 0 Å². The van der Waals surface area contributed by atoms with Crippen LogP contribution in [0.15, 0.2) is 17.1 Å². The lowest BCUT2D eigenvalue weighted by Gasteiger charge is -2.27. The van der Waals surface area contributed by atoms with Crippen LogP contribution in [0.2, 0.25) is 0 Å². The Morgan fingerprint density at radius 3 is 2.80 bits per heavy atom. The van der Waals surface area contributed by atoms with Crippen molar-refractivity contribution in [3.63, 3.8) is 0 Å². The monoisotopic (exact) mass is 251 g/mol. The zero-order valence-electron chi connectivity index (χ0n) is 6.04. The maximum atomic E-state index is 5.23. The standard InChI is InChI=1S/C7H10INO/c1-6-4-3-5-9-7(6,8)10-2/h3-6H,1-2H3/t6?,7-/m1/s1. The molecule has 2 atom stereocenters. The summed E-state index contributed by atoms with van der Waals surface area (Å²) in [6, 6.07) is 0. The van der Waals surface area contributed by atoms with E-state index in [4.69, 9.17) is 4.74 Å². The summed E-state index contributed by atoms with van der Waals surface area (Å²) in [5.41, 5.74) is 0. The second-order valence-corrected chi connectivity index (χ2v) is 3.81. The first-order chi connectivity index (χ1) is 4.69. The average Bonchev–Trinajstić information content (AvgIpc) is 1.96. The first-order valence-electron chi connectivity index (χ1n) is 3.15. The van der Waals surface area contributed by atoms with E-state index in [0.29, 0.717) is 5.92 Å². The van der Waals surface area contributed by atoms with Crippen LogP contribution >= 0.6 is 22.6 Å². The number of allylic oxidation sites excluding steroid dienone is 1. The summed E-state index contributed by atoms with van der Waals surface area (Å²) in [4.78, 5) is 4.21. The second kappa shape index (κ2) is 3.00. The Hall–Kier alpha value is 0.1000. The molecule has 0 aromatic rings. The van der Waals surface area contributed by atoms with E-state index in [1.165, 1.54) is 0 Å². The van der Waals surface area contributed by atoms with Gasteiger partial charge in [-0.2, -0.15) is 0 Å². The number of hydrogen-bond acceptors (Lipinski definition) is 2. The van der Waals surface area contributed by atoms with Gasteiger partial charge in [-0.15, -0.1) is 0 Å². The summed E-state index contributed by atoms with van der Waals surface area (Å²) in [5.74, 6) is 0.350. The SMILES string of the molecule is CO[C@]1(I)N=CC=CC1C. The van der Waals surface area contributed by atoms with Crippen molar-refractivity contribution < 1.29 is 4.74 Å². The number of halogens is 1. The molecule has 0 aromatic carbocycles. The van der Waals surface area contributed by atoms with Crippen LogP contribution in [0.5, 0.6) is 0 Å². The van der Waals surface area contributed by atoms with Crippen LogP contribution in [0.4, 0.5) is 0 Å². The summed E-state index contributed by atoms with van der Waals surface area (Å²) >= 11 is 2.21. The number of rotatable bonds is 1. The summed E-state index contributed by atoms with van der Waals surface area (Å²) in [6.07, 6.45) is 5.81. The Morgan fingerprint density at radius 1 is 1.70 bits per heavy atom. The van der Waals surface area contributed by atoms with Crippen molar-refractivity contribution in [2.45, 2.75) is 10.7 Å². The molecule has 1 aliphatic heterocycles. The van der Waals surface area contributed by atoms with Crippen LogP contribution in [0.25, 0.3) is 0 Å². The first kappa shape index (κ1) is 8.20. The molecule has 0 aliphatic carbocycles. The highest BCUT2D eigenvalue weighted by atomic mass is 127. The summed E-state index contributed by atoms with van der Waals surface area (Å²) in [7, 11) is 1.68. The Balaban J connectivity index is 2.77. The van der Waals surface area contributed by atoms with Crippen molar-refractivity contribution in [1.82, 2.24) is 0 Å². The van der Waals surface area contributed by atoms with E-state index in [-0.39, 0.29) is 3.73 Å². The number of methoxy groups -OCH3 is 1. The van der Waals surface area contributed by atoms with Gasteiger partial charge in [0.05, 0.1) is 0 Å². The molecule has 1 rings (SSSR count). The molecule has 0 N–H and O–H groups in total. The molecule has 0 aromatic heterocycles. The lowest BCUT2D eigenvalue weighted by Crippen LogP contribution is -2.29. The number of dihydropyridines is 1. The largest absolute Gasteiger partial charge is 0.348 e. The highest BCUT2D eigenvalue weighted by Crippen LogP contribution is 2.33. The predicted octanol–water partition coefficient (Wildman–Crippen LogP) is 2.00. The minimum Gasteiger partial charge on any atom is -0.348 e. The smallest absolute Gasteiger partial charge is 0.216 e. The molecule has 1 aliphatic rings. The fourth-order valence-electron chi connectivity index (χ4n) is 0.836. The van der Waals surface area contributed by atoms with Crippen LogP contribution in [0, 0.1) is 5.92 Å². The first-order valence-corrected chi connectivity index (χ1v) is 4.23. The van der Waals surface area contributed by atoms with E-state index in [2.05, 4.69) is 40.6 Å². The van der Waals surface area contributed by atoms with Crippen molar-refractivity contribution in [1.29, 1.82) is 0 Å². The van der Waals surface area contributed by atoms with Gasteiger partial charge in [0.15, 0.2) is 0 Å². The number of aliphatic imine (C=N–C) groups is 1. The van der Waals surface area contributed by atoms with E-state index in [1.54, 1.807) is 13.3 Å². The minimum absolute atomic E-state index is 0.350. The molecule has 1 unspecified atom stereocenters. The van der Waals surface area contributed by atoms with Gasteiger partial charge < -0.3 is 4.74 Å². The van der Waals surface area contributed by atoms with Gasteiger partial charge in [0.2, 0.25) is 3.73 Å². The van der Waals surface area contributed by atoms with E-state index < -0.39 is 0 Å². The molecule has 3 heteroatoms. The van der Waals surface area contributed by atoms with E-state index in [1.807, 2.05) is 6.08 Å². The van der Waals surface area contributed by atoms with Gasteiger partial charge in [0.25, 0.3) is 0 Å². The van der Waals surface area contributed by atoms with Crippen LogP contribution < -0.4 is 0 Å². The normalized spacial score (nSPS) is 38.5. The maximum absolute atomic E-state index is 5.23. The molecule has 0 fully saturated rings. The fraction of sp³-hybridized carbons (Fsp3) is 0.571. The molecule has 10 heavy (non-hydrogen) atoms. The topological polar surface area (TPSA) is 21.6 Å². The van der Waals surface area contributed by atoms with Crippen LogP contribution in [0.3, 0.4) is 0 Å². The number of alkyl halides is 1. The number of ether oxygens (including phenoxy) is 1. The molecule has 56 valence electrons. The lowest BCUT2D eigenvalue weighted by molar-refractivity contribution is 0.0654. The molecule has 0 saturated heterocycles. The summed E-state index contributed by atoms with van der Waals surface area (Å²) in [6.45, 7) is 2.09. The molecular formula is C7H10INO. The van der Waals surface area contributed by atoms with Gasteiger partial charge in [-0.05, 0) is 28.7 Å². The fourth-order valence-corrected chi connectivity index (χ4v) is 1.20. The Bertz CT molecular complexity index is 178. The number of hydrogen-bond donors (Lipinski definition) is 0. The van der Waals surface area contributed by atoms with Crippen LogP contribution in [-0.4, -0.2) is 17.1 Å². The zero-order chi connectivity index (χ0) is 7.61. The third kappa shape index (κ3) is 1.40. The molecule has 0 amide bonds. The quantitative estimate of drug-likeness (QED) is 0.397. The summed E-state index contributed by atoms with van der Waals surface area (Å²) in [5, 5.41) is 0. The summed E-state index contributed by atoms with van der Waals surface area (Å²) < 4.78 is 4.86. The van der Waals surface area contributed by atoms with Crippen molar-refractivity contribution >= 4 is 28.8 Å². The van der Waals surface area contributed by atoms with Gasteiger partial charge in [0.1, 0.15) is 0 Å². The molecule has 1 heterocycles. The van der Waals surface area contributed by atoms with Gasteiger partial charge >= 0.3 is 0 Å². The van der Waals surface area contributed by atoms with Crippen molar-refractivity contribution in [2.75, 3.05) is 7.11 Å². The molecule has 0 radical (unpaired) electrons. The molecule has 0 bridgehead atoms. The van der Waals surface area contributed by atoms with Gasteiger partial charge in [-0.1, -0.05) is 13.0 Å². The lowest BCUT2D eigenvalue weighted by atomic mass is 10.1. The van der Waals surface area contributed by atoms with E-state index in [9.17, 15) is 0 Å². The Morgan fingerprint density at radius 2 is 2.40 bits per heavy atom. The highest BCUT2D eigenvalue weighted by Gasteiger charge is 2.31. The molecule has 0 saturated carbocycles. The second-order valence-electron chi connectivity index (χ2n) is 2.26. The third-order valence-electron chi connectivity index (χ3n) is 1.58. The van der Waals surface area contributed by atoms with Crippen molar-refractivity contribution in [3.05, 3.63) is 12.2 Å². The Kier molecular flexibility index (Phi) is 2.46. The average molecular weight is 251 g/mol. The molecule has 2 nitrogen and oxygen atoms in total. The van der Waals surface area contributed by atoms with Crippen LogP contribution in [-0.2, 0) is 4.74 Å². The van der Waals surface area contributed by atoms with Gasteiger partial charge in [0, 0.05) is 19.2 Å². The maximum Gasteiger partial charge on any atom is 0.216 e. The Labute approximate surface area is 74.5 Å².